The Kier molecular flexibility index (Phi) is 4.18. The first-order valence-electron chi connectivity index (χ1n) is 6.14. The summed E-state index contributed by atoms with van der Waals surface area (Å²) in [6, 6.07) is 1.00. The topological polar surface area (TPSA) is 41.0 Å². The second-order valence-corrected chi connectivity index (χ2v) is 5.15. The van der Waals surface area contributed by atoms with Crippen LogP contribution in [-0.4, -0.2) is 35.1 Å². The summed E-state index contributed by atoms with van der Waals surface area (Å²) in [5, 5.41) is 4.12. The summed E-state index contributed by atoms with van der Waals surface area (Å²) in [4.78, 5) is 10.5. The molecule has 94 valence electrons. The summed E-state index contributed by atoms with van der Waals surface area (Å²) >= 11 is 6.15. The van der Waals surface area contributed by atoms with Crippen molar-refractivity contribution in [2.75, 3.05) is 18.0 Å². The van der Waals surface area contributed by atoms with E-state index < -0.39 is 0 Å². The van der Waals surface area contributed by atoms with Crippen LogP contribution in [0.4, 0.5) is 5.82 Å². The van der Waals surface area contributed by atoms with E-state index in [1.807, 2.05) is 0 Å². The number of rotatable bonds is 4. The van der Waals surface area contributed by atoms with Gasteiger partial charge >= 0.3 is 0 Å². The number of anilines is 1. The molecule has 0 amide bonds. The molecule has 1 unspecified atom stereocenters. The fraction of sp³-hybridized carbons (Fsp3) is 0.667. The quantitative estimate of drug-likeness (QED) is 0.894. The molecule has 0 aromatic carbocycles. The lowest BCUT2D eigenvalue weighted by molar-refractivity contribution is 0.522. The van der Waals surface area contributed by atoms with Gasteiger partial charge in [-0.3, -0.25) is 0 Å². The van der Waals surface area contributed by atoms with Gasteiger partial charge in [0.15, 0.2) is 5.82 Å². The van der Waals surface area contributed by atoms with E-state index in [2.05, 4.69) is 34.0 Å². The first-order chi connectivity index (χ1) is 8.18. The van der Waals surface area contributed by atoms with E-state index >= 15 is 0 Å². The van der Waals surface area contributed by atoms with Crippen LogP contribution < -0.4 is 10.2 Å². The van der Waals surface area contributed by atoms with Crippen LogP contribution in [0.1, 0.15) is 26.7 Å². The van der Waals surface area contributed by atoms with Crippen LogP contribution in [0.3, 0.4) is 0 Å². The van der Waals surface area contributed by atoms with Crippen LogP contribution in [-0.2, 0) is 0 Å². The molecule has 1 aromatic heterocycles. The fourth-order valence-electron chi connectivity index (χ4n) is 2.22. The van der Waals surface area contributed by atoms with Gasteiger partial charge in [-0.2, -0.15) is 0 Å². The SMILES string of the molecule is CC(C)NCC1CCCN1c1ncncc1Cl. The molecular weight excluding hydrogens is 236 g/mol. The second kappa shape index (κ2) is 5.65. The van der Waals surface area contributed by atoms with Crippen molar-refractivity contribution in [3.8, 4) is 0 Å². The summed E-state index contributed by atoms with van der Waals surface area (Å²) in [6.07, 6.45) is 5.62. The summed E-state index contributed by atoms with van der Waals surface area (Å²) < 4.78 is 0. The summed E-state index contributed by atoms with van der Waals surface area (Å²) in [7, 11) is 0. The predicted molar refractivity (Wildman–Crippen MR) is 70.5 cm³/mol. The molecule has 0 radical (unpaired) electrons. The monoisotopic (exact) mass is 254 g/mol. The standard InChI is InChI=1S/C12H19ClN4/c1-9(2)15-6-10-4-3-5-17(10)12-11(13)7-14-8-16-12/h7-10,15H,3-6H2,1-2H3. The largest absolute Gasteiger partial charge is 0.351 e. The molecule has 1 saturated heterocycles. The molecule has 5 heteroatoms. The Balaban J connectivity index is 2.07. The minimum absolute atomic E-state index is 0.491. The zero-order valence-electron chi connectivity index (χ0n) is 10.4. The van der Waals surface area contributed by atoms with Gasteiger partial charge in [0.2, 0.25) is 0 Å². The Bertz CT molecular complexity index is 369. The van der Waals surface area contributed by atoms with Crippen molar-refractivity contribution < 1.29 is 0 Å². The molecule has 1 aliphatic heterocycles. The van der Waals surface area contributed by atoms with Gasteiger partial charge in [-0.05, 0) is 12.8 Å². The number of nitrogens with zero attached hydrogens (tertiary/aromatic N) is 3. The maximum atomic E-state index is 6.15. The van der Waals surface area contributed by atoms with E-state index in [1.165, 1.54) is 12.8 Å². The third-order valence-electron chi connectivity index (χ3n) is 3.06. The van der Waals surface area contributed by atoms with Crippen LogP contribution in [0, 0.1) is 0 Å². The van der Waals surface area contributed by atoms with Crippen LogP contribution in [0.15, 0.2) is 12.5 Å². The minimum atomic E-state index is 0.491. The smallest absolute Gasteiger partial charge is 0.151 e. The van der Waals surface area contributed by atoms with Gasteiger partial charge in [-0.1, -0.05) is 25.4 Å². The number of aromatic nitrogens is 2. The Morgan fingerprint density at radius 3 is 3.12 bits per heavy atom. The molecule has 1 fully saturated rings. The molecule has 1 atom stereocenters. The van der Waals surface area contributed by atoms with Crippen molar-refractivity contribution in [2.45, 2.75) is 38.8 Å². The molecule has 0 saturated carbocycles. The zero-order chi connectivity index (χ0) is 12.3. The maximum Gasteiger partial charge on any atom is 0.151 e. The van der Waals surface area contributed by atoms with E-state index in [0.29, 0.717) is 17.1 Å². The van der Waals surface area contributed by atoms with Crippen LogP contribution in [0.25, 0.3) is 0 Å². The van der Waals surface area contributed by atoms with Crippen LogP contribution in [0.2, 0.25) is 5.02 Å². The van der Waals surface area contributed by atoms with Gasteiger partial charge in [0.1, 0.15) is 11.3 Å². The fourth-order valence-corrected chi connectivity index (χ4v) is 2.43. The highest BCUT2D eigenvalue weighted by Crippen LogP contribution is 2.28. The molecule has 1 aliphatic rings. The van der Waals surface area contributed by atoms with E-state index in [1.54, 1.807) is 12.5 Å². The minimum Gasteiger partial charge on any atom is -0.351 e. The first kappa shape index (κ1) is 12.6. The van der Waals surface area contributed by atoms with E-state index in [0.717, 1.165) is 18.9 Å². The number of nitrogens with one attached hydrogen (secondary N) is 1. The lowest BCUT2D eigenvalue weighted by atomic mass is 10.2. The second-order valence-electron chi connectivity index (χ2n) is 4.75. The molecule has 1 N–H and O–H groups in total. The van der Waals surface area contributed by atoms with Crippen molar-refractivity contribution in [2.24, 2.45) is 0 Å². The van der Waals surface area contributed by atoms with Crippen molar-refractivity contribution in [3.63, 3.8) is 0 Å². The Hall–Kier alpha value is -0.870. The average Bonchev–Trinajstić information content (AvgIpc) is 2.75. The normalized spacial score (nSPS) is 20.2. The van der Waals surface area contributed by atoms with Gasteiger partial charge in [0.25, 0.3) is 0 Å². The van der Waals surface area contributed by atoms with E-state index in [4.69, 9.17) is 11.6 Å². The maximum absolute atomic E-state index is 6.15. The molecule has 1 aromatic rings. The number of hydrogen-bond donors (Lipinski definition) is 1. The summed E-state index contributed by atoms with van der Waals surface area (Å²) in [5.74, 6) is 0.870. The van der Waals surface area contributed by atoms with Crippen LogP contribution in [0.5, 0.6) is 0 Å². The third kappa shape index (κ3) is 3.07. The highest BCUT2D eigenvalue weighted by atomic mass is 35.5. The molecule has 2 heterocycles. The van der Waals surface area contributed by atoms with E-state index in [-0.39, 0.29) is 0 Å². The van der Waals surface area contributed by atoms with Gasteiger partial charge in [0.05, 0.1) is 6.20 Å². The lowest BCUT2D eigenvalue weighted by Crippen LogP contribution is -2.40. The number of hydrogen-bond acceptors (Lipinski definition) is 4. The molecule has 17 heavy (non-hydrogen) atoms. The van der Waals surface area contributed by atoms with Gasteiger partial charge in [-0.25, -0.2) is 9.97 Å². The van der Waals surface area contributed by atoms with E-state index in [9.17, 15) is 0 Å². The van der Waals surface area contributed by atoms with Gasteiger partial charge < -0.3 is 10.2 Å². The molecule has 0 aliphatic carbocycles. The Morgan fingerprint density at radius 1 is 1.59 bits per heavy atom. The lowest BCUT2D eigenvalue weighted by Gasteiger charge is -2.27. The van der Waals surface area contributed by atoms with Crippen molar-refractivity contribution in [1.82, 2.24) is 15.3 Å². The molecule has 4 nitrogen and oxygen atoms in total. The third-order valence-corrected chi connectivity index (χ3v) is 3.33. The van der Waals surface area contributed by atoms with Gasteiger partial charge in [0, 0.05) is 25.2 Å². The van der Waals surface area contributed by atoms with Gasteiger partial charge in [-0.15, -0.1) is 0 Å². The highest BCUT2D eigenvalue weighted by molar-refractivity contribution is 6.32. The Morgan fingerprint density at radius 2 is 2.41 bits per heavy atom. The Labute approximate surface area is 107 Å². The molecule has 0 bridgehead atoms. The van der Waals surface area contributed by atoms with Crippen molar-refractivity contribution in [3.05, 3.63) is 17.5 Å². The van der Waals surface area contributed by atoms with Crippen molar-refractivity contribution >= 4 is 17.4 Å². The predicted octanol–water partition coefficient (Wildman–Crippen LogP) is 2.10. The number of halogens is 1. The molecule has 0 spiro atoms. The van der Waals surface area contributed by atoms with Crippen molar-refractivity contribution in [1.29, 1.82) is 0 Å². The summed E-state index contributed by atoms with van der Waals surface area (Å²) in [5.41, 5.74) is 0. The highest BCUT2D eigenvalue weighted by Gasteiger charge is 2.26. The first-order valence-corrected chi connectivity index (χ1v) is 6.52. The summed E-state index contributed by atoms with van der Waals surface area (Å²) in [6.45, 7) is 6.34. The zero-order valence-corrected chi connectivity index (χ0v) is 11.1. The van der Waals surface area contributed by atoms with Crippen LogP contribution >= 0.6 is 11.6 Å². The molecular formula is C12H19ClN4. The average molecular weight is 255 g/mol. The molecule has 2 rings (SSSR count).